The van der Waals surface area contributed by atoms with Crippen molar-refractivity contribution in [3.63, 3.8) is 0 Å². The molecule has 15 heavy (non-hydrogen) atoms. The van der Waals surface area contributed by atoms with Crippen molar-refractivity contribution in [2.24, 2.45) is 0 Å². The highest BCUT2D eigenvalue weighted by Crippen LogP contribution is 2.07. The Morgan fingerprint density at radius 2 is 2.33 bits per heavy atom. The lowest BCUT2D eigenvalue weighted by Gasteiger charge is -2.15. The number of carbonyl (C=O) groups is 1. The van der Waals surface area contributed by atoms with Crippen LogP contribution >= 0.6 is 0 Å². The summed E-state index contributed by atoms with van der Waals surface area (Å²) >= 11 is 0. The molecule has 2 heterocycles. The number of hydrogen-bond donors (Lipinski definition) is 1. The zero-order valence-corrected chi connectivity index (χ0v) is 8.82. The number of carbonyl (C=O) groups excluding carboxylic acids is 1. The molecule has 1 aliphatic heterocycles. The molecule has 0 aliphatic carbocycles. The van der Waals surface area contributed by atoms with Crippen molar-refractivity contribution in [2.75, 3.05) is 13.1 Å². The first kappa shape index (κ1) is 10.0. The van der Waals surface area contributed by atoms with Gasteiger partial charge in [-0.1, -0.05) is 5.16 Å². The Bertz CT molecular complexity index is 342. The number of hydrogen-bond acceptors (Lipinski definition) is 3. The highest BCUT2D eigenvalue weighted by molar-refractivity contribution is 5.74. The van der Waals surface area contributed by atoms with Gasteiger partial charge < -0.3 is 14.7 Å². The molecule has 1 aliphatic rings. The third-order valence-corrected chi connectivity index (χ3v) is 2.48. The number of likely N-dealkylation sites (tertiary alicyclic amines) is 1. The minimum atomic E-state index is -0.0125. The van der Waals surface area contributed by atoms with Gasteiger partial charge in [0.2, 0.25) is 0 Å². The summed E-state index contributed by atoms with van der Waals surface area (Å²) in [7, 11) is 0. The zero-order valence-electron chi connectivity index (χ0n) is 8.82. The second kappa shape index (κ2) is 4.33. The van der Waals surface area contributed by atoms with Gasteiger partial charge in [-0.05, 0) is 19.8 Å². The summed E-state index contributed by atoms with van der Waals surface area (Å²) in [6.07, 6.45) is 2.21. The molecular formula is C10H15N3O2. The van der Waals surface area contributed by atoms with Gasteiger partial charge in [-0.3, -0.25) is 0 Å². The number of nitrogens with zero attached hydrogens (tertiary/aromatic N) is 2. The molecule has 0 radical (unpaired) electrons. The van der Waals surface area contributed by atoms with Gasteiger partial charge in [-0.25, -0.2) is 4.79 Å². The highest BCUT2D eigenvalue weighted by Gasteiger charge is 2.17. The molecule has 1 N–H and O–H groups in total. The number of urea groups is 1. The van der Waals surface area contributed by atoms with Crippen molar-refractivity contribution in [1.82, 2.24) is 15.4 Å². The zero-order chi connectivity index (χ0) is 10.7. The molecule has 0 atom stereocenters. The van der Waals surface area contributed by atoms with Crippen LogP contribution in [-0.4, -0.2) is 29.2 Å². The van der Waals surface area contributed by atoms with Gasteiger partial charge in [-0.2, -0.15) is 0 Å². The monoisotopic (exact) mass is 209 g/mol. The van der Waals surface area contributed by atoms with Crippen LogP contribution in [-0.2, 0) is 6.54 Å². The molecular weight excluding hydrogens is 194 g/mol. The maximum Gasteiger partial charge on any atom is 0.317 e. The van der Waals surface area contributed by atoms with Gasteiger partial charge in [0, 0.05) is 19.2 Å². The Balaban J connectivity index is 1.80. The Kier molecular flexibility index (Phi) is 2.89. The van der Waals surface area contributed by atoms with E-state index < -0.39 is 0 Å². The summed E-state index contributed by atoms with van der Waals surface area (Å²) < 4.78 is 4.99. The SMILES string of the molecule is Cc1cc(CNC(=O)N2CCCC2)on1. The first-order chi connectivity index (χ1) is 7.25. The number of aryl methyl sites for hydroxylation is 1. The molecule has 1 fully saturated rings. The molecule has 1 aromatic rings. The van der Waals surface area contributed by atoms with Crippen LogP contribution in [0.4, 0.5) is 4.79 Å². The Morgan fingerprint density at radius 3 is 2.93 bits per heavy atom. The minimum Gasteiger partial charge on any atom is -0.359 e. The lowest BCUT2D eigenvalue weighted by molar-refractivity contribution is 0.207. The van der Waals surface area contributed by atoms with E-state index in [-0.39, 0.29) is 6.03 Å². The maximum atomic E-state index is 11.6. The highest BCUT2D eigenvalue weighted by atomic mass is 16.5. The summed E-state index contributed by atoms with van der Waals surface area (Å²) in [6, 6.07) is 1.81. The van der Waals surface area contributed by atoms with E-state index in [0.717, 1.165) is 31.6 Å². The molecule has 0 aromatic carbocycles. The van der Waals surface area contributed by atoms with E-state index in [9.17, 15) is 4.79 Å². The van der Waals surface area contributed by atoms with E-state index in [1.165, 1.54) is 0 Å². The van der Waals surface area contributed by atoms with E-state index in [0.29, 0.717) is 12.3 Å². The van der Waals surface area contributed by atoms with Crippen LogP contribution in [0.1, 0.15) is 24.3 Å². The Labute approximate surface area is 88.4 Å². The summed E-state index contributed by atoms with van der Waals surface area (Å²) in [4.78, 5) is 13.4. The van der Waals surface area contributed by atoms with Crippen LogP contribution in [0.15, 0.2) is 10.6 Å². The fourth-order valence-corrected chi connectivity index (χ4v) is 1.69. The standard InChI is InChI=1S/C10H15N3O2/c1-8-6-9(15-12-8)7-11-10(14)13-4-2-3-5-13/h6H,2-5,7H2,1H3,(H,11,14). The van der Waals surface area contributed by atoms with E-state index in [4.69, 9.17) is 4.52 Å². The van der Waals surface area contributed by atoms with Gasteiger partial charge in [-0.15, -0.1) is 0 Å². The van der Waals surface area contributed by atoms with Gasteiger partial charge in [0.15, 0.2) is 5.76 Å². The van der Waals surface area contributed by atoms with Gasteiger partial charge >= 0.3 is 6.03 Å². The number of amides is 2. The molecule has 0 spiro atoms. The summed E-state index contributed by atoms with van der Waals surface area (Å²) in [5, 5.41) is 6.56. The van der Waals surface area contributed by atoms with Crippen LogP contribution in [0.2, 0.25) is 0 Å². The number of aromatic nitrogens is 1. The van der Waals surface area contributed by atoms with Crippen LogP contribution in [0.25, 0.3) is 0 Å². The van der Waals surface area contributed by atoms with Crippen molar-refractivity contribution >= 4 is 6.03 Å². The van der Waals surface area contributed by atoms with Crippen molar-refractivity contribution < 1.29 is 9.32 Å². The Morgan fingerprint density at radius 1 is 1.60 bits per heavy atom. The van der Waals surface area contributed by atoms with E-state index in [2.05, 4.69) is 10.5 Å². The molecule has 5 heteroatoms. The molecule has 1 aromatic heterocycles. The third-order valence-electron chi connectivity index (χ3n) is 2.48. The molecule has 82 valence electrons. The summed E-state index contributed by atoms with van der Waals surface area (Å²) in [6.45, 7) is 3.99. The molecule has 2 rings (SSSR count). The molecule has 2 amide bonds. The predicted octanol–water partition coefficient (Wildman–Crippen LogP) is 1.29. The molecule has 1 saturated heterocycles. The minimum absolute atomic E-state index is 0.0125. The molecule has 0 bridgehead atoms. The fourth-order valence-electron chi connectivity index (χ4n) is 1.69. The molecule has 0 unspecified atom stereocenters. The summed E-state index contributed by atoms with van der Waals surface area (Å²) in [5.74, 6) is 0.694. The second-order valence-corrected chi connectivity index (χ2v) is 3.79. The van der Waals surface area contributed by atoms with Crippen LogP contribution in [0, 0.1) is 6.92 Å². The van der Waals surface area contributed by atoms with Crippen LogP contribution in [0.5, 0.6) is 0 Å². The smallest absolute Gasteiger partial charge is 0.317 e. The first-order valence-electron chi connectivity index (χ1n) is 5.20. The molecule has 0 saturated carbocycles. The fraction of sp³-hybridized carbons (Fsp3) is 0.600. The quantitative estimate of drug-likeness (QED) is 0.798. The van der Waals surface area contributed by atoms with Crippen LogP contribution in [0.3, 0.4) is 0 Å². The normalized spacial score (nSPS) is 15.7. The third kappa shape index (κ3) is 2.49. The maximum absolute atomic E-state index is 11.6. The van der Waals surface area contributed by atoms with Crippen molar-refractivity contribution in [1.29, 1.82) is 0 Å². The average molecular weight is 209 g/mol. The topological polar surface area (TPSA) is 58.4 Å². The van der Waals surface area contributed by atoms with Gasteiger partial charge in [0.1, 0.15) is 0 Å². The molecule has 5 nitrogen and oxygen atoms in total. The predicted molar refractivity (Wildman–Crippen MR) is 54.3 cm³/mol. The number of nitrogens with one attached hydrogen (secondary N) is 1. The van der Waals surface area contributed by atoms with E-state index >= 15 is 0 Å². The van der Waals surface area contributed by atoms with Crippen molar-refractivity contribution in [3.05, 3.63) is 17.5 Å². The van der Waals surface area contributed by atoms with Crippen LogP contribution < -0.4 is 5.32 Å². The Hall–Kier alpha value is -1.52. The van der Waals surface area contributed by atoms with Crippen molar-refractivity contribution in [3.8, 4) is 0 Å². The lowest BCUT2D eigenvalue weighted by atomic mass is 10.4. The van der Waals surface area contributed by atoms with E-state index in [1.54, 1.807) is 0 Å². The largest absolute Gasteiger partial charge is 0.359 e. The van der Waals surface area contributed by atoms with Gasteiger partial charge in [0.25, 0.3) is 0 Å². The summed E-state index contributed by atoms with van der Waals surface area (Å²) in [5.41, 5.74) is 0.834. The average Bonchev–Trinajstić information content (AvgIpc) is 2.84. The van der Waals surface area contributed by atoms with E-state index in [1.807, 2.05) is 17.9 Å². The first-order valence-corrected chi connectivity index (χ1v) is 5.20. The number of rotatable bonds is 2. The van der Waals surface area contributed by atoms with Gasteiger partial charge in [0.05, 0.1) is 12.2 Å². The second-order valence-electron chi connectivity index (χ2n) is 3.79. The lowest BCUT2D eigenvalue weighted by Crippen LogP contribution is -2.37. The van der Waals surface area contributed by atoms with Crippen molar-refractivity contribution in [2.45, 2.75) is 26.3 Å².